The van der Waals surface area contributed by atoms with E-state index in [2.05, 4.69) is 43.1 Å². The van der Waals surface area contributed by atoms with Crippen molar-refractivity contribution in [2.24, 2.45) is 0 Å². The Morgan fingerprint density at radius 1 is 1.39 bits per heavy atom. The molecule has 3 heteroatoms. The largest absolute Gasteiger partial charge is 0.387 e. The van der Waals surface area contributed by atoms with E-state index in [9.17, 15) is 5.11 Å². The van der Waals surface area contributed by atoms with Gasteiger partial charge in [0.15, 0.2) is 0 Å². The highest BCUT2D eigenvalue weighted by molar-refractivity contribution is 7.99. The number of thioether (sulfide) groups is 1. The van der Waals surface area contributed by atoms with Crippen molar-refractivity contribution in [1.82, 2.24) is 4.90 Å². The summed E-state index contributed by atoms with van der Waals surface area (Å²) in [6, 6.07) is 8.72. The van der Waals surface area contributed by atoms with Crippen LogP contribution in [-0.2, 0) is 6.42 Å². The van der Waals surface area contributed by atoms with E-state index < -0.39 is 0 Å². The van der Waals surface area contributed by atoms with Crippen LogP contribution in [0.5, 0.6) is 0 Å². The van der Waals surface area contributed by atoms with Crippen LogP contribution in [0.1, 0.15) is 30.6 Å². The third-order valence-electron chi connectivity index (χ3n) is 3.67. The summed E-state index contributed by atoms with van der Waals surface area (Å²) in [7, 11) is 2.11. The van der Waals surface area contributed by atoms with Crippen LogP contribution in [0, 0.1) is 0 Å². The average Bonchev–Trinajstić information content (AvgIpc) is 2.40. The van der Waals surface area contributed by atoms with E-state index in [0.717, 1.165) is 24.3 Å². The smallest absolute Gasteiger partial charge is 0.0953 e. The van der Waals surface area contributed by atoms with Crippen molar-refractivity contribution in [3.8, 4) is 0 Å². The summed E-state index contributed by atoms with van der Waals surface area (Å²) in [5.74, 6) is 2.20. The second-order valence-electron chi connectivity index (χ2n) is 5.06. The number of benzene rings is 1. The minimum Gasteiger partial charge on any atom is -0.387 e. The Kier molecular flexibility index (Phi) is 5.10. The molecule has 1 aromatic rings. The molecule has 1 N–H and O–H groups in total. The Morgan fingerprint density at radius 2 is 2.11 bits per heavy atom. The number of rotatable bonds is 4. The van der Waals surface area contributed by atoms with Gasteiger partial charge in [0.2, 0.25) is 0 Å². The maximum absolute atomic E-state index is 10.5. The van der Waals surface area contributed by atoms with Crippen molar-refractivity contribution in [2.45, 2.75) is 31.9 Å². The first-order valence-electron chi connectivity index (χ1n) is 6.77. The molecule has 1 fully saturated rings. The third kappa shape index (κ3) is 3.28. The van der Waals surface area contributed by atoms with Gasteiger partial charge in [0, 0.05) is 24.1 Å². The van der Waals surface area contributed by atoms with E-state index in [0.29, 0.717) is 0 Å². The van der Waals surface area contributed by atoms with E-state index >= 15 is 0 Å². The number of aryl methyl sites for hydroxylation is 1. The second kappa shape index (κ2) is 6.60. The minimum atomic E-state index is -0.363. The molecule has 1 aromatic carbocycles. The van der Waals surface area contributed by atoms with Gasteiger partial charge in [-0.15, -0.1) is 0 Å². The van der Waals surface area contributed by atoms with Gasteiger partial charge in [-0.2, -0.15) is 11.8 Å². The van der Waals surface area contributed by atoms with E-state index in [-0.39, 0.29) is 12.1 Å². The van der Waals surface area contributed by atoms with Crippen LogP contribution in [-0.4, -0.2) is 41.1 Å². The van der Waals surface area contributed by atoms with Gasteiger partial charge in [-0.05, 0) is 24.6 Å². The maximum Gasteiger partial charge on any atom is 0.0953 e. The molecule has 2 unspecified atom stereocenters. The Labute approximate surface area is 114 Å². The summed E-state index contributed by atoms with van der Waals surface area (Å²) in [4.78, 5) is 2.28. The zero-order valence-electron chi connectivity index (χ0n) is 11.3. The van der Waals surface area contributed by atoms with Gasteiger partial charge in [0.1, 0.15) is 0 Å². The molecule has 2 rings (SSSR count). The number of aliphatic hydroxyl groups is 1. The molecule has 0 aromatic heterocycles. The van der Waals surface area contributed by atoms with Gasteiger partial charge in [-0.3, -0.25) is 4.90 Å². The molecular formula is C15H23NOS. The van der Waals surface area contributed by atoms with Crippen LogP contribution in [0.25, 0.3) is 0 Å². The predicted molar refractivity (Wildman–Crippen MR) is 79.1 cm³/mol. The molecule has 18 heavy (non-hydrogen) atoms. The fourth-order valence-electron chi connectivity index (χ4n) is 2.43. The number of hydrogen-bond donors (Lipinski definition) is 1. The van der Waals surface area contributed by atoms with Gasteiger partial charge >= 0.3 is 0 Å². The van der Waals surface area contributed by atoms with E-state index in [4.69, 9.17) is 0 Å². The fourth-order valence-corrected chi connectivity index (χ4v) is 3.69. The number of hydrogen-bond acceptors (Lipinski definition) is 3. The standard InChI is InChI=1S/C15H23NOS/c1-3-4-12-5-7-13(8-6-12)15(17)14-11-18-10-9-16(14)2/h5-8,14-15,17H,3-4,9-11H2,1-2H3. The lowest BCUT2D eigenvalue weighted by Gasteiger charge is -2.35. The number of likely N-dealkylation sites (N-methyl/N-ethyl adjacent to an activating group) is 1. The van der Waals surface area contributed by atoms with Crippen LogP contribution in [0.3, 0.4) is 0 Å². The average molecular weight is 265 g/mol. The first kappa shape index (κ1) is 13.9. The third-order valence-corrected chi connectivity index (χ3v) is 4.72. The molecular weight excluding hydrogens is 242 g/mol. The van der Waals surface area contributed by atoms with Crippen LogP contribution in [0.2, 0.25) is 0 Å². The van der Waals surface area contributed by atoms with E-state index in [1.54, 1.807) is 0 Å². The monoisotopic (exact) mass is 265 g/mol. The van der Waals surface area contributed by atoms with Crippen LogP contribution in [0.4, 0.5) is 0 Å². The highest BCUT2D eigenvalue weighted by Gasteiger charge is 2.27. The highest BCUT2D eigenvalue weighted by atomic mass is 32.2. The van der Waals surface area contributed by atoms with Crippen molar-refractivity contribution in [1.29, 1.82) is 0 Å². The van der Waals surface area contributed by atoms with Gasteiger partial charge in [-0.1, -0.05) is 37.6 Å². The summed E-state index contributed by atoms with van der Waals surface area (Å²) in [6.07, 6.45) is 1.93. The van der Waals surface area contributed by atoms with Crippen molar-refractivity contribution < 1.29 is 5.11 Å². The molecule has 1 aliphatic rings. The fraction of sp³-hybridized carbons (Fsp3) is 0.600. The van der Waals surface area contributed by atoms with Crippen LogP contribution >= 0.6 is 11.8 Å². The van der Waals surface area contributed by atoms with E-state index in [1.807, 2.05) is 11.8 Å². The maximum atomic E-state index is 10.5. The Bertz CT molecular complexity index is 365. The van der Waals surface area contributed by atoms with Crippen LogP contribution < -0.4 is 0 Å². The number of nitrogens with zero attached hydrogens (tertiary/aromatic N) is 1. The summed E-state index contributed by atoms with van der Waals surface area (Å²) in [6.45, 7) is 3.26. The molecule has 0 aliphatic carbocycles. The summed E-state index contributed by atoms with van der Waals surface area (Å²) < 4.78 is 0. The van der Waals surface area contributed by atoms with Gasteiger partial charge in [0.05, 0.1) is 6.10 Å². The molecule has 0 saturated carbocycles. The molecule has 0 spiro atoms. The molecule has 2 atom stereocenters. The molecule has 1 saturated heterocycles. The van der Waals surface area contributed by atoms with Crippen molar-refractivity contribution in [3.05, 3.63) is 35.4 Å². The predicted octanol–water partition coefficient (Wildman–Crippen LogP) is 2.72. The van der Waals surface area contributed by atoms with Crippen molar-refractivity contribution in [3.63, 3.8) is 0 Å². The Balaban J connectivity index is 2.05. The lowest BCUT2D eigenvalue weighted by Crippen LogP contribution is -2.43. The van der Waals surface area contributed by atoms with Gasteiger partial charge in [-0.25, -0.2) is 0 Å². The molecule has 0 bridgehead atoms. The summed E-state index contributed by atoms with van der Waals surface area (Å²) in [5, 5.41) is 10.5. The van der Waals surface area contributed by atoms with Crippen molar-refractivity contribution >= 4 is 11.8 Å². The SMILES string of the molecule is CCCc1ccc(C(O)C2CSCCN2C)cc1. The van der Waals surface area contributed by atoms with E-state index in [1.165, 1.54) is 17.7 Å². The molecule has 0 radical (unpaired) electrons. The molecule has 2 nitrogen and oxygen atoms in total. The first-order chi connectivity index (χ1) is 8.72. The summed E-state index contributed by atoms with van der Waals surface area (Å²) >= 11 is 1.94. The molecule has 1 heterocycles. The Hall–Kier alpha value is -0.510. The zero-order valence-corrected chi connectivity index (χ0v) is 12.1. The number of aliphatic hydroxyl groups excluding tert-OH is 1. The quantitative estimate of drug-likeness (QED) is 0.905. The van der Waals surface area contributed by atoms with Gasteiger partial charge in [0.25, 0.3) is 0 Å². The van der Waals surface area contributed by atoms with Gasteiger partial charge < -0.3 is 5.11 Å². The minimum absolute atomic E-state index is 0.251. The highest BCUT2D eigenvalue weighted by Crippen LogP contribution is 2.26. The second-order valence-corrected chi connectivity index (χ2v) is 6.21. The van der Waals surface area contributed by atoms with Crippen molar-refractivity contribution in [2.75, 3.05) is 25.1 Å². The Morgan fingerprint density at radius 3 is 2.72 bits per heavy atom. The first-order valence-corrected chi connectivity index (χ1v) is 7.92. The van der Waals surface area contributed by atoms with Crippen LogP contribution in [0.15, 0.2) is 24.3 Å². The normalized spacial score (nSPS) is 22.9. The zero-order chi connectivity index (χ0) is 13.0. The molecule has 100 valence electrons. The lowest BCUT2D eigenvalue weighted by atomic mass is 10.00. The lowest BCUT2D eigenvalue weighted by molar-refractivity contribution is 0.0758. The topological polar surface area (TPSA) is 23.5 Å². The summed E-state index contributed by atoms with van der Waals surface area (Å²) in [5.41, 5.74) is 2.41. The molecule has 1 aliphatic heterocycles. The molecule has 0 amide bonds.